The van der Waals surface area contributed by atoms with E-state index in [0.29, 0.717) is 48.0 Å². The van der Waals surface area contributed by atoms with Gasteiger partial charge < -0.3 is 15.3 Å². The van der Waals surface area contributed by atoms with E-state index in [1.807, 2.05) is 0 Å². The molecule has 0 aromatic heterocycles. The van der Waals surface area contributed by atoms with Crippen LogP contribution in [0.25, 0.3) is 0 Å². The molecule has 4 rings (SSSR count). The Morgan fingerprint density at radius 3 is 2.53 bits per heavy atom. The summed E-state index contributed by atoms with van der Waals surface area (Å²) in [5, 5.41) is 31.6. The van der Waals surface area contributed by atoms with Crippen LogP contribution in [0.3, 0.4) is 0 Å². The summed E-state index contributed by atoms with van der Waals surface area (Å²) in [6.07, 6.45) is 12.7. The van der Waals surface area contributed by atoms with E-state index in [2.05, 4.69) is 33.8 Å². The summed E-state index contributed by atoms with van der Waals surface area (Å²) < 4.78 is 0. The Morgan fingerprint density at radius 2 is 1.83 bits per heavy atom. The van der Waals surface area contributed by atoms with Gasteiger partial charge in [-0.1, -0.05) is 52.2 Å². The molecule has 0 saturated heterocycles. The van der Waals surface area contributed by atoms with E-state index >= 15 is 0 Å². The first-order valence-corrected chi connectivity index (χ1v) is 12.9. The lowest BCUT2D eigenvalue weighted by Crippen LogP contribution is -2.55. The lowest BCUT2D eigenvalue weighted by molar-refractivity contribution is -0.109. The molecule has 0 heterocycles. The molecule has 0 bridgehead atoms. The van der Waals surface area contributed by atoms with E-state index in [1.165, 1.54) is 50.5 Å². The molecule has 3 nitrogen and oxygen atoms in total. The van der Waals surface area contributed by atoms with Crippen LogP contribution >= 0.6 is 0 Å². The Hall–Kier alpha value is -0.380. The molecule has 0 aliphatic heterocycles. The minimum Gasteiger partial charge on any atom is -0.396 e. The highest BCUT2D eigenvalue weighted by Crippen LogP contribution is 2.67. The molecule has 2 unspecified atom stereocenters. The molecule has 0 amide bonds. The van der Waals surface area contributed by atoms with Crippen molar-refractivity contribution in [1.29, 1.82) is 0 Å². The van der Waals surface area contributed by atoms with E-state index in [4.69, 9.17) is 0 Å². The number of allylic oxidation sites excluding steroid dienone is 1. The summed E-state index contributed by atoms with van der Waals surface area (Å²) in [5.41, 5.74) is 1.53. The van der Waals surface area contributed by atoms with Gasteiger partial charge in [0.2, 0.25) is 0 Å². The second kappa shape index (κ2) is 8.52. The number of aliphatic hydroxyl groups excluding tert-OH is 3. The third-order valence-electron chi connectivity index (χ3n) is 10.4. The first kappa shape index (κ1) is 22.8. The topological polar surface area (TPSA) is 60.7 Å². The SMILES string of the molecule is CC(C)CCC[C@@H](CO)[C@H]1CC[C@H]2[C@@H]3CC=C4CC(O)CC(O)[C@]4(C)[C@H]3CC[C@]12C. The molecular formula is C27H46O3. The van der Waals surface area contributed by atoms with Crippen molar-refractivity contribution < 1.29 is 15.3 Å². The van der Waals surface area contributed by atoms with E-state index in [9.17, 15) is 15.3 Å². The summed E-state index contributed by atoms with van der Waals surface area (Å²) in [4.78, 5) is 0. The number of hydrogen-bond donors (Lipinski definition) is 3. The smallest absolute Gasteiger partial charge is 0.0658 e. The normalized spacial score (nSPS) is 46.7. The Morgan fingerprint density at radius 1 is 1.07 bits per heavy atom. The predicted octanol–water partition coefficient (Wildman–Crippen LogP) is 5.33. The Kier molecular flexibility index (Phi) is 6.48. The van der Waals surface area contributed by atoms with Crippen LogP contribution in [0.5, 0.6) is 0 Å². The number of rotatable bonds is 6. The highest BCUT2D eigenvalue weighted by atomic mass is 16.3. The maximum absolute atomic E-state index is 11.1. The standard InChI is InChI=1S/C27H46O3/c1-17(2)6-5-7-18(16-28)22-10-11-23-21-9-8-19-14-20(29)15-25(30)27(19,4)24(21)12-13-26(22,23)3/h8,17-18,20-25,28-30H,5-7,9-16H2,1-4H3/t18-,20?,21-,22+,23-,24-,25?,26+,27-/m0/s1. The zero-order valence-electron chi connectivity index (χ0n) is 19.8. The van der Waals surface area contributed by atoms with Crippen LogP contribution in [0, 0.1) is 46.3 Å². The number of fused-ring (bicyclic) bond motifs is 5. The van der Waals surface area contributed by atoms with Gasteiger partial charge in [-0.25, -0.2) is 0 Å². The van der Waals surface area contributed by atoms with Crippen molar-refractivity contribution in [3.05, 3.63) is 11.6 Å². The average molecular weight is 419 g/mol. The van der Waals surface area contributed by atoms with Gasteiger partial charge in [-0.2, -0.15) is 0 Å². The Bertz CT molecular complexity index is 642. The molecule has 30 heavy (non-hydrogen) atoms. The fraction of sp³-hybridized carbons (Fsp3) is 0.926. The van der Waals surface area contributed by atoms with E-state index < -0.39 is 6.10 Å². The summed E-state index contributed by atoms with van der Waals surface area (Å²) in [5.74, 6) is 3.77. The molecule has 172 valence electrons. The second-order valence-electron chi connectivity index (χ2n) is 12.2. The molecule has 3 saturated carbocycles. The van der Waals surface area contributed by atoms with Gasteiger partial charge in [0.05, 0.1) is 12.2 Å². The second-order valence-corrected chi connectivity index (χ2v) is 12.2. The van der Waals surface area contributed by atoms with Crippen LogP contribution in [0.2, 0.25) is 0 Å². The van der Waals surface area contributed by atoms with Crippen LogP contribution in [0.15, 0.2) is 11.6 Å². The maximum atomic E-state index is 11.1. The third kappa shape index (κ3) is 3.61. The molecule has 3 fully saturated rings. The van der Waals surface area contributed by atoms with Gasteiger partial charge in [0, 0.05) is 18.4 Å². The molecule has 0 aromatic carbocycles. The average Bonchev–Trinajstić information content (AvgIpc) is 3.03. The number of hydrogen-bond acceptors (Lipinski definition) is 3. The summed E-state index contributed by atoms with van der Waals surface area (Å²) in [6.45, 7) is 9.78. The van der Waals surface area contributed by atoms with Gasteiger partial charge in [0.25, 0.3) is 0 Å². The summed E-state index contributed by atoms with van der Waals surface area (Å²) >= 11 is 0. The minimum absolute atomic E-state index is 0.144. The van der Waals surface area contributed by atoms with E-state index in [0.717, 1.165) is 18.8 Å². The fourth-order valence-electron chi connectivity index (χ4n) is 8.72. The van der Waals surface area contributed by atoms with Crippen molar-refractivity contribution in [3.8, 4) is 0 Å². The molecule has 0 spiro atoms. The quantitative estimate of drug-likeness (QED) is 0.511. The molecule has 3 N–H and O–H groups in total. The van der Waals surface area contributed by atoms with Crippen molar-refractivity contribution in [2.24, 2.45) is 46.3 Å². The van der Waals surface area contributed by atoms with Gasteiger partial charge in [-0.15, -0.1) is 0 Å². The summed E-state index contributed by atoms with van der Waals surface area (Å²) in [7, 11) is 0. The van der Waals surface area contributed by atoms with Crippen molar-refractivity contribution >= 4 is 0 Å². The molecule has 0 aromatic rings. The Labute approximate surface area is 184 Å². The largest absolute Gasteiger partial charge is 0.396 e. The highest BCUT2D eigenvalue weighted by Gasteiger charge is 2.61. The van der Waals surface area contributed by atoms with Crippen LogP contribution < -0.4 is 0 Å². The monoisotopic (exact) mass is 418 g/mol. The number of aliphatic hydroxyl groups is 3. The van der Waals surface area contributed by atoms with E-state index in [-0.39, 0.29) is 11.5 Å². The molecule has 9 atom stereocenters. The lowest BCUT2D eigenvalue weighted by atomic mass is 9.46. The van der Waals surface area contributed by atoms with Gasteiger partial charge >= 0.3 is 0 Å². The first-order valence-electron chi connectivity index (χ1n) is 12.9. The lowest BCUT2D eigenvalue weighted by Gasteiger charge is -2.59. The molecule has 0 radical (unpaired) electrons. The predicted molar refractivity (Wildman–Crippen MR) is 122 cm³/mol. The molecule has 3 heteroatoms. The fourth-order valence-corrected chi connectivity index (χ4v) is 8.72. The van der Waals surface area contributed by atoms with Crippen LogP contribution in [0.1, 0.15) is 91.9 Å². The van der Waals surface area contributed by atoms with Gasteiger partial charge in [0.15, 0.2) is 0 Å². The van der Waals surface area contributed by atoms with Crippen LogP contribution in [0.4, 0.5) is 0 Å². The van der Waals surface area contributed by atoms with E-state index in [1.54, 1.807) is 0 Å². The van der Waals surface area contributed by atoms with Crippen molar-refractivity contribution in [3.63, 3.8) is 0 Å². The highest BCUT2D eigenvalue weighted by molar-refractivity contribution is 5.27. The van der Waals surface area contributed by atoms with Crippen molar-refractivity contribution in [2.45, 2.75) is 104 Å². The third-order valence-corrected chi connectivity index (χ3v) is 10.4. The molecule has 4 aliphatic carbocycles. The van der Waals surface area contributed by atoms with Crippen LogP contribution in [-0.4, -0.2) is 34.1 Å². The van der Waals surface area contributed by atoms with Crippen LogP contribution in [-0.2, 0) is 0 Å². The molecular weight excluding hydrogens is 372 g/mol. The van der Waals surface area contributed by atoms with Gasteiger partial charge in [0.1, 0.15) is 0 Å². The zero-order valence-corrected chi connectivity index (χ0v) is 19.8. The molecule has 4 aliphatic rings. The minimum atomic E-state index is -0.414. The van der Waals surface area contributed by atoms with Gasteiger partial charge in [-0.05, 0) is 85.9 Å². The summed E-state index contributed by atoms with van der Waals surface area (Å²) in [6, 6.07) is 0. The first-order chi connectivity index (χ1) is 14.2. The zero-order chi connectivity index (χ0) is 21.7. The van der Waals surface area contributed by atoms with Crippen molar-refractivity contribution in [1.82, 2.24) is 0 Å². The maximum Gasteiger partial charge on any atom is 0.0658 e. The van der Waals surface area contributed by atoms with Crippen molar-refractivity contribution in [2.75, 3.05) is 6.61 Å². The Balaban J connectivity index is 1.53. The van der Waals surface area contributed by atoms with Gasteiger partial charge in [-0.3, -0.25) is 0 Å².